The van der Waals surface area contributed by atoms with Crippen molar-refractivity contribution < 1.29 is 33.3 Å². The predicted molar refractivity (Wildman–Crippen MR) is 123 cm³/mol. The lowest BCUT2D eigenvalue weighted by atomic mass is 10.1. The molecule has 0 unspecified atom stereocenters. The Balaban J connectivity index is 2.23. The lowest BCUT2D eigenvalue weighted by Gasteiger charge is -2.13. The molecule has 10 heteroatoms. The first-order valence-electron chi connectivity index (χ1n) is 9.01. The van der Waals surface area contributed by atoms with Crippen molar-refractivity contribution in [2.45, 2.75) is 0 Å². The highest BCUT2D eigenvalue weighted by Crippen LogP contribution is 2.34. The fourth-order valence-corrected chi connectivity index (χ4v) is 3.26. The number of nitrogens with zero attached hydrogens (tertiary/aromatic N) is 1. The van der Waals surface area contributed by atoms with Gasteiger partial charge in [-0.2, -0.15) is 5.26 Å². The van der Waals surface area contributed by atoms with Crippen molar-refractivity contribution >= 4 is 52.2 Å². The van der Waals surface area contributed by atoms with Crippen molar-refractivity contribution in [3.8, 4) is 17.6 Å². The van der Waals surface area contributed by atoms with E-state index in [2.05, 4.69) is 14.8 Å². The second-order valence-corrected chi connectivity index (χ2v) is 7.25. The zero-order valence-electron chi connectivity index (χ0n) is 17.4. The molecule has 166 valence electrons. The molecule has 0 saturated heterocycles. The van der Waals surface area contributed by atoms with Crippen LogP contribution in [-0.2, 0) is 19.1 Å². The molecule has 0 aromatic heterocycles. The van der Waals surface area contributed by atoms with E-state index in [1.165, 1.54) is 51.7 Å². The normalized spacial score (nSPS) is 10.5. The summed E-state index contributed by atoms with van der Waals surface area (Å²) in [5.74, 6) is -1.01. The summed E-state index contributed by atoms with van der Waals surface area (Å²) in [7, 11) is 3.96. The highest BCUT2D eigenvalue weighted by Gasteiger charge is 2.15. The maximum absolute atomic E-state index is 12.5. The second-order valence-electron chi connectivity index (χ2n) is 6.09. The summed E-state index contributed by atoms with van der Waals surface area (Å²) < 4.78 is 20.6. The van der Waals surface area contributed by atoms with E-state index < -0.39 is 17.8 Å². The van der Waals surface area contributed by atoms with Gasteiger partial charge < -0.3 is 24.3 Å². The molecular formula is C22H19IN2O7. The average molecular weight is 550 g/mol. The van der Waals surface area contributed by atoms with E-state index in [9.17, 15) is 19.6 Å². The molecule has 0 heterocycles. The van der Waals surface area contributed by atoms with Crippen molar-refractivity contribution in [3.63, 3.8) is 0 Å². The van der Waals surface area contributed by atoms with Crippen LogP contribution in [0, 0.1) is 14.9 Å². The molecule has 0 spiro atoms. The number of hydrogen-bond acceptors (Lipinski definition) is 8. The highest BCUT2D eigenvalue weighted by atomic mass is 127. The monoisotopic (exact) mass is 550 g/mol. The number of methoxy groups -OCH3 is 3. The number of amides is 1. The van der Waals surface area contributed by atoms with Crippen LogP contribution in [-0.4, -0.2) is 45.8 Å². The minimum absolute atomic E-state index is 0.150. The quantitative estimate of drug-likeness (QED) is 0.230. The fourth-order valence-electron chi connectivity index (χ4n) is 2.47. The van der Waals surface area contributed by atoms with Crippen molar-refractivity contribution in [2.24, 2.45) is 0 Å². The predicted octanol–water partition coefficient (Wildman–Crippen LogP) is 3.18. The Hall–Kier alpha value is -3.59. The van der Waals surface area contributed by atoms with Gasteiger partial charge in [-0.1, -0.05) is 0 Å². The van der Waals surface area contributed by atoms with Crippen LogP contribution >= 0.6 is 22.6 Å². The van der Waals surface area contributed by atoms with Crippen LogP contribution in [0.15, 0.2) is 42.0 Å². The molecule has 0 aliphatic heterocycles. The summed E-state index contributed by atoms with van der Waals surface area (Å²) >= 11 is 1.99. The van der Waals surface area contributed by atoms with E-state index >= 15 is 0 Å². The van der Waals surface area contributed by atoms with Crippen LogP contribution in [0.4, 0.5) is 5.69 Å². The molecule has 0 aliphatic rings. The zero-order valence-corrected chi connectivity index (χ0v) is 19.6. The number of nitrogens with one attached hydrogen (secondary N) is 1. The molecule has 9 nitrogen and oxygen atoms in total. The smallest absolute Gasteiger partial charge is 0.343 e. The van der Waals surface area contributed by atoms with Gasteiger partial charge in [0.05, 0.1) is 30.5 Å². The van der Waals surface area contributed by atoms with Crippen molar-refractivity contribution in [1.29, 1.82) is 5.26 Å². The molecule has 0 radical (unpaired) electrons. The first-order valence-corrected chi connectivity index (χ1v) is 10.1. The summed E-state index contributed by atoms with van der Waals surface area (Å²) in [5, 5.41) is 12.1. The van der Waals surface area contributed by atoms with Crippen LogP contribution in [0.3, 0.4) is 0 Å². The van der Waals surface area contributed by atoms with Gasteiger partial charge in [0.25, 0.3) is 5.91 Å². The molecule has 1 amide bonds. The molecular weight excluding hydrogens is 531 g/mol. The zero-order chi connectivity index (χ0) is 23.7. The Kier molecular flexibility index (Phi) is 9.03. The summed E-state index contributed by atoms with van der Waals surface area (Å²) in [5.41, 5.74) is 1.10. The fraction of sp³-hybridized carbons (Fsp3) is 0.182. The van der Waals surface area contributed by atoms with Crippen LogP contribution in [0.2, 0.25) is 0 Å². The number of carbonyl (C=O) groups is 3. The third-order valence-electron chi connectivity index (χ3n) is 4.05. The van der Waals surface area contributed by atoms with E-state index in [4.69, 9.17) is 9.47 Å². The van der Waals surface area contributed by atoms with Gasteiger partial charge in [-0.15, -0.1) is 0 Å². The average Bonchev–Trinajstić information content (AvgIpc) is 2.80. The number of carbonyl (C=O) groups excluding carboxylic acids is 3. The number of halogens is 1. The number of benzene rings is 2. The van der Waals surface area contributed by atoms with Gasteiger partial charge in [-0.25, -0.2) is 9.59 Å². The van der Waals surface area contributed by atoms with Gasteiger partial charge >= 0.3 is 11.9 Å². The largest absolute Gasteiger partial charge is 0.493 e. The minimum atomic E-state index is -0.627. The number of rotatable bonds is 8. The maximum atomic E-state index is 12.5. The Morgan fingerprint density at radius 3 is 2.34 bits per heavy atom. The van der Waals surface area contributed by atoms with Crippen LogP contribution in [0.25, 0.3) is 6.08 Å². The van der Waals surface area contributed by atoms with Crippen LogP contribution < -0.4 is 14.8 Å². The van der Waals surface area contributed by atoms with Gasteiger partial charge in [-0.05, 0) is 70.6 Å². The first kappa shape index (κ1) is 24.7. The summed E-state index contributed by atoms with van der Waals surface area (Å²) in [6, 6.07) is 11.2. The van der Waals surface area contributed by atoms with Gasteiger partial charge in [0.1, 0.15) is 11.6 Å². The molecule has 0 saturated carbocycles. The van der Waals surface area contributed by atoms with E-state index in [0.29, 0.717) is 31.9 Å². The number of hydrogen-bond donors (Lipinski definition) is 1. The molecule has 32 heavy (non-hydrogen) atoms. The Bertz CT molecular complexity index is 1090. The Labute approximate surface area is 198 Å². The minimum Gasteiger partial charge on any atom is -0.493 e. The van der Waals surface area contributed by atoms with E-state index in [1.54, 1.807) is 12.1 Å². The third-order valence-corrected chi connectivity index (χ3v) is 4.86. The van der Waals surface area contributed by atoms with Crippen LogP contribution in [0.1, 0.15) is 15.9 Å². The standard InChI is InChI=1S/C22H19IN2O7/c1-29-18-10-13(9-17(23)20(18)32-12-19(26)30-2)8-15(11-24)21(27)25-16-6-4-14(5-7-16)22(28)31-3/h4-10H,12H2,1-3H3,(H,25,27)/b15-8+. The molecule has 2 rings (SSSR count). The third kappa shape index (κ3) is 6.45. The van der Waals surface area contributed by atoms with Gasteiger partial charge in [0.15, 0.2) is 18.1 Å². The Morgan fingerprint density at radius 1 is 1.09 bits per heavy atom. The lowest BCUT2D eigenvalue weighted by molar-refractivity contribution is -0.143. The Morgan fingerprint density at radius 2 is 1.78 bits per heavy atom. The first-order chi connectivity index (χ1) is 15.3. The molecule has 2 aromatic rings. The molecule has 0 fully saturated rings. The van der Waals surface area contributed by atoms with Gasteiger partial charge in [0.2, 0.25) is 0 Å². The number of esters is 2. The SMILES string of the molecule is COC(=O)COc1c(I)cc(/C=C(\C#N)C(=O)Nc2ccc(C(=O)OC)cc2)cc1OC. The van der Waals surface area contributed by atoms with E-state index in [0.717, 1.165) is 0 Å². The highest BCUT2D eigenvalue weighted by molar-refractivity contribution is 14.1. The topological polar surface area (TPSA) is 124 Å². The summed E-state index contributed by atoms with van der Waals surface area (Å²) in [6.45, 7) is -0.293. The van der Waals surface area contributed by atoms with Gasteiger partial charge in [0, 0.05) is 5.69 Å². The maximum Gasteiger partial charge on any atom is 0.343 e. The van der Waals surface area contributed by atoms with Gasteiger partial charge in [-0.3, -0.25) is 4.79 Å². The van der Waals surface area contributed by atoms with Crippen molar-refractivity contribution in [1.82, 2.24) is 0 Å². The number of anilines is 1. The van der Waals surface area contributed by atoms with Crippen molar-refractivity contribution in [3.05, 3.63) is 56.7 Å². The molecule has 0 aliphatic carbocycles. The molecule has 0 atom stereocenters. The number of nitriles is 1. The molecule has 2 aromatic carbocycles. The summed E-state index contributed by atoms with van der Waals surface area (Å²) in [6.07, 6.45) is 1.40. The molecule has 1 N–H and O–H groups in total. The van der Waals surface area contributed by atoms with Crippen LogP contribution in [0.5, 0.6) is 11.5 Å². The van der Waals surface area contributed by atoms with E-state index in [-0.39, 0.29) is 12.2 Å². The lowest BCUT2D eigenvalue weighted by Crippen LogP contribution is -2.14. The second kappa shape index (κ2) is 11.7. The van der Waals surface area contributed by atoms with Crippen molar-refractivity contribution in [2.75, 3.05) is 33.3 Å². The molecule has 0 bridgehead atoms. The number of ether oxygens (including phenoxy) is 4. The van der Waals surface area contributed by atoms with E-state index in [1.807, 2.05) is 28.7 Å². The summed E-state index contributed by atoms with van der Waals surface area (Å²) in [4.78, 5) is 35.4.